The Labute approximate surface area is 219 Å². The van der Waals surface area contributed by atoms with Crippen molar-refractivity contribution < 1.29 is 27.5 Å². The van der Waals surface area contributed by atoms with Crippen molar-refractivity contribution in [1.29, 1.82) is 0 Å². The molecule has 10 heteroatoms. The average Bonchev–Trinajstić information content (AvgIpc) is 3.47. The van der Waals surface area contributed by atoms with Gasteiger partial charge in [0.2, 0.25) is 0 Å². The van der Waals surface area contributed by atoms with Crippen LogP contribution in [-0.2, 0) is 16.1 Å². The number of nitrogens with zero attached hydrogens (tertiary/aromatic N) is 2. The number of ether oxygens (including phenoxy) is 2. The lowest BCUT2D eigenvalue weighted by Gasteiger charge is -2.24. The summed E-state index contributed by atoms with van der Waals surface area (Å²) in [7, 11) is 0. The molecule has 5 rings (SSSR count). The Balaban J connectivity index is 1.49. The average molecular weight is 537 g/mol. The van der Waals surface area contributed by atoms with E-state index in [1.807, 2.05) is 30.3 Å². The molecule has 0 saturated carbocycles. The van der Waals surface area contributed by atoms with Crippen LogP contribution in [0.3, 0.4) is 0 Å². The molecule has 38 heavy (non-hydrogen) atoms. The van der Waals surface area contributed by atoms with E-state index in [1.54, 1.807) is 32.1 Å². The summed E-state index contributed by atoms with van der Waals surface area (Å²) in [4.78, 5) is 31.5. The van der Waals surface area contributed by atoms with Crippen molar-refractivity contribution in [2.24, 2.45) is 4.99 Å². The summed E-state index contributed by atoms with van der Waals surface area (Å²) in [5.74, 6) is -1.38. The second-order valence-corrected chi connectivity index (χ2v) is 9.39. The second-order valence-electron chi connectivity index (χ2n) is 8.38. The predicted molar refractivity (Wildman–Crippen MR) is 136 cm³/mol. The maximum absolute atomic E-state index is 13.8. The third-order valence-electron chi connectivity index (χ3n) is 5.85. The first-order valence-corrected chi connectivity index (χ1v) is 12.6. The van der Waals surface area contributed by atoms with Crippen molar-refractivity contribution in [2.75, 3.05) is 6.61 Å². The van der Waals surface area contributed by atoms with Gasteiger partial charge in [0.1, 0.15) is 23.9 Å². The van der Waals surface area contributed by atoms with E-state index in [0.29, 0.717) is 32.1 Å². The number of fused-ring (bicyclic) bond motifs is 1. The number of carbonyl (C=O) groups is 1. The number of esters is 1. The molecule has 0 bridgehead atoms. The lowest BCUT2D eigenvalue weighted by Crippen LogP contribution is -2.39. The molecular weight excluding hydrogens is 514 g/mol. The van der Waals surface area contributed by atoms with Crippen LogP contribution in [-0.4, -0.2) is 17.1 Å². The summed E-state index contributed by atoms with van der Waals surface area (Å²) in [6.07, 6.45) is 1.58. The molecule has 7 nitrogen and oxygen atoms in total. The molecule has 2 aromatic carbocycles. The van der Waals surface area contributed by atoms with E-state index in [-0.39, 0.29) is 24.5 Å². The van der Waals surface area contributed by atoms with Gasteiger partial charge < -0.3 is 13.9 Å². The minimum absolute atomic E-state index is 0.0895. The largest absolute Gasteiger partial charge is 0.483 e. The molecule has 0 radical (unpaired) electrons. The van der Waals surface area contributed by atoms with Gasteiger partial charge in [0.25, 0.3) is 5.56 Å². The first kappa shape index (κ1) is 25.3. The summed E-state index contributed by atoms with van der Waals surface area (Å²) in [5.41, 5.74) is 1.21. The van der Waals surface area contributed by atoms with Gasteiger partial charge in [-0.1, -0.05) is 41.7 Å². The lowest BCUT2D eigenvalue weighted by atomic mass is 9.96. The zero-order chi connectivity index (χ0) is 26.8. The fourth-order valence-electron chi connectivity index (χ4n) is 4.16. The maximum atomic E-state index is 13.8. The summed E-state index contributed by atoms with van der Waals surface area (Å²) in [5, 5.41) is 0. The first-order valence-electron chi connectivity index (χ1n) is 11.8. The highest BCUT2D eigenvalue weighted by Crippen LogP contribution is 2.30. The summed E-state index contributed by atoms with van der Waals surface area (Å²) in [6, 6.07) is 14.9. The fourth-order valence-corrected chi connectivity index (χ4v) is 5.19. The Kier molecular flexibility index (Phi) is 7.06. The van der Waals surface area contributed by atoms with E-state index in [1.165, 1.54) is 22.0 Å². The van der Waals surface area contributed by atoms with Gasteiger partial charge in [-0.25, -0.2) is 18.6 Å². The van der Waals surface area contributed by atoms with Crippen LogP contribution in [0.2, 0.25) is 0 Å². The Morgan fingerprint density at radius 2 is 1.95 bits per heavy atom. The van der Waals surface area contributed by atoms with Gasteiger partial charge >= 0.3 is 5.97 Å². The van der Waals surface area contributed by atoms with Gasteiger partial charge in [0.15, 0.2) is 16.4 Å². The topological polar surface area (TPSA) is 83.0 Å². The molecule has 194 valence electrons. The van der Waals surface area contributed by atoms with E-state index < -0.39 is 23.6 Å². The quantitative estimate of drug-likeness (QED) is 0.330. The van der Waals surface area contributed by atoms with Gasteiger partial charge in [0.05, 0.1) is 28.5 Å². The van der Waals surface area contributed by atoms with Crippen LogP contribution in [0, 0.1) is 11.6 Å². The molecule has 0 spiro atoms. The van der Waals surface area contributed by atoms with E-state index in [9.17, 15) is 18.4 Å². The van der Waals surface area contributed by atoms with E-state index >= 15 is 0 Å². The van der Waals surface area contributed by atoms with Gasteiger partial charge in [-0.05, 0) is 43.7 Å². The number of furan rings is 1. The van der Waals surface area contributed by atoms with Crippen LogP contribution in [0.4, 0.5) is 8.78 Å². The molecule has 3 heterocycles. The highest BCUT2D eigenvalue weighted by molar-refractivity contribution is 7.07. The van der Waals surface area contributed by atoms with E-state index in [2.05, 4.69) is 4.99 Å². The Hall–Kier alpha value is -4.31. The van der Waals surface area contributed by atoms with Crippen molar-refractivity contribution in [3.63, 3.8) is 0 Å². The highest BCUT2D eigenvalue weighted by atomic mass is 32.1. The van der Waals surface area contributed by atoms with Gasteiger partial charge in [-0.3, -0.25) is 9.36 Å². The second kappa shape index (κ2) is 10.6. The van der Waals surface area contributed by atoms with Gasteiger partial charge in [-0.15, -0.1) is 0 Å². The third kappa shape index (κ3) is 4.95. The number of benzene rings is 2. The lowest BCUT2D eigenvalue weighted by molar-refractivity contribution is -0.139. The number of hydrogen-bond acceptors (Lipinski definition) is 7. The molecule has 2 aromatic heterocycles. The maximum Gasteiger partial charge on any atom is 0.338 e. The Bertz CT molecular complexity index is 1720. The Morgan fingerprint density at radius 3 is 2.68 bits per heavy atom. The van der Waals surface area contributed by atoms with Gasteiger partial charge in [-0.2, -0.15) is 0 Å². The Morgan fingerprint density at radius 1 is 1.16 bits per heavy atom. The van der Waals surface area contributed by atoms with E-state index in [0.717, 1.165) is 17.7 Å². The zero-order valence-electron chi connectivity index (χ0n) is 20.4. The van der Waals surface area contributed by atoms with Crippen LogP contribution in [0.1, 0.15) is 37.0 Å². The SMILES string of the molecule is CCOC(=O)C1=C(C)N=c2s/c(=C\c3ccc(COc4ccc(F)cc4F)o3)c(=O)n2C1c1ccccc1. The van der Waals surface area contributed by atoms with Crippen molar-refractivity contribution in [3.8, 4) is 5.75 Å². The smallest absolute Gasteiger partial charge is 0.338 e. The molecule has 0 N–H and O–H groups in total. The van der Waals surface area contributed by atoms with Crippen LogP contribution in [0.15, 0.2) is 86.1 Å². The molecule has 4 aromatic rings. The zero-order valence-corrected chi connectivity index (χ0v) is 21.3. The number of carbonyl (C=O) groups excluding carboxylic acids is 1. The molecule has 0 fully saturated rings. The van der Waals surface area contributed by atoms with Crippen molar-refractivity contribution >= 4 is 23.4 Å². The summed E-state index contributed by atoms with van der Waals surface area (Å²) >= 11 is 1.17. The van der Waals surface area contributed by atoms with Crippen molar-refractivity contribution in [3.05, 3.63) is 120 Å². The van der Waals surface area contributed by atoms with E-state index in [4.69, 9.17) is 13.9 Å². The minimum Gasteiger partial charge on any atom is -0.483 e. The molecule has 1 aliphatic heterocycles. The molecule has 1 unspecified atom stereocenters. The fraction of sp³-hybridized carbons (Fsp3) is 0.179. The normalized spacial score (nSPS) is 15.3. The number of hydrogen-bond donors (Lipinski definition) is 0. The summed E-state index contributed by atoms with van der Waals surface area (Å²) in [6.45, 7) is 3.55. The number of thiazole rings is 1. The van der Waals surface area contributed by atoms with Crippen LogP contribution >= 0.6 is 11.3 Å². The van der Waals surface area contributed by atoms with Crippen LogP contribution in [0.5, 0.6) is 5.75 Å². The molecule has 1 aliphatic rings. The van der Waals surface area contributed by atoms with Crippen molar-refractivity contribution in [2.45, 2.75) is 26.5 Å². The van der Waals surface area contributed by atoms with Crippen LogP contribution in [0.25, 0.3) is 6.08 Å². The molecule has 0 aliphatic carbocycles. The van der Waals surface area contributed by atoms with Crippen LogP contribution < -0.4 is 19.6 Å². The number of aromatic nitrogens is 1. The molecule has 1 atom stereocenters. The highest BCUT2D eigenvalue weighted by Gasteiger charge is 2.33. The third-order valence-corrected chi connectivity index (χ3v) is 6.83. The monoisotopic (exact) mass is 536 g/mol. The van der Waals surface area contributed by atoms with Gasteiger partial charge in [0, 0.05) is 12.1 Å². The summed E-state index contributed by atoms with van der Waals surface area (Å²) < 4.78 is 45.2. The molecule has 0 amide bonds. The first-order chi connectivity index (χ1) is 18.4. The van der Waals surface area contributed by atoms with Crippen molar-refractivity contribution in [1.82, 2.24) is 4.57 Å². The minimum atomic E-state index is -0.816. The number of rotatable bonds is 7. The molecular formula is C28H22F2N2O5S. The molecule has 0 saturated heterocycles. The standard InChI is InChI=1S/C28H22F2N2O5S/c1-3-35-27(34)24-16(2)31-28-32(25(24)17-7-5-4-6-8-17)26(33)23(38-28)14-19-10-11-20(37-19)15-36-22-12-9-18(29)13-21(22)30/h4-14,25H,3,15H2,1-2H3/b23-14-. The number of halogens is 2. The number of allylic oxidation sites excluding steroid dienone is 1. The predicted octanol–water partition coefficient (Wildman–Crippen LogP) is 4.25.